The quantitative estimate of drug-likeness (QED) is 0.854. The van der Waals surface area contributed by atoms with Gasteiger partial charge in [0.05, 0.1) is 15.6 Å². The van der Waals surface area contributed by atoms with Crippen molar-refractivity contribution in [3.05, 3.63) is 53.1 Å². The van der Waals surface area contributed by atoms with E-state index in [2.05, 4.69) is 4.72 Å². The first-order chi connectivity index (χ1) is 9.28. The van der Waals surface area contributed by atoms with Crippen LogP contribution in [0.15, 0.2) is 41.3 Å². The molecule has 0 unspecified atom stereocenters. The molecule has 2 rings (SSSR count). The third-order valence-corrected chi connectivity index (χ3v) is 4.03. The Balaban J connectivity index is 2.37. The van der Waals surface area contributed by atoms with Crippen LogP contribution < -0.4 is 10.5 Å². The fourth-order valence-electron chi connectivity index (χ4n) is 1.51. The van der Waals surface area contributed by atoms with E-state index in [-0.39, 0.29) is 21.3 Å². The predicted octanol–water partition coefficient (Wildman–Crippen LogP) is 3.00. The van der Waals surface area contributed by atoms with E-state index >= 15 is 0 Å². The molecule has 0 aliphatic heterocycles. The summed E-state index contributed by atoms with van der Waals surface area (Å²) in [5, 5.41) is -0.232. The van der Waals surface area contributed by atoms with Gasteiger partial charge in [-0.1, -0.05) is 11.6 Å². The molecule has 0 aliphatic rings. The summed E-state index contributed by atoms with van der Waals surface area (Å²) in [7, 11) is -4.04. The van der Waals surface area contributed by atoms with Crippen LogP contribution in [0.5, 0.6) is 0 Å². The lowest BCUT2D eigenvalue weighted by Crippen LogP contribution is -2.13. The van der Waals surface area contributed by atoms with Gasteiger partial charge in [0.2, 0.25) is 0 Å². The first-order valence-electron chi connectivity index (χ1n) is 5.32. The number of rotatable bonds is 3. The Hall–Kier alpha value is -1.86. The average Bonchev–Trinajstić information content (AvgIpc) is 2.32. The smallest absolute Gasteiger partial charge is 0.262 e. The molecule has 0 spiro atoms. The summed E-state index contributed by atoms with van der Waals surface area (Å²) in [6.07, 6.45) is 0. The summed E-state index contributed by atoms with van der Waals surface area (Å²) in [4.78, 5) is -0.338. The van der Waals surface area contributed by atoms with Crippen LogP contribution >= 0.6 is 11.6 Å². The van der Waals surface area contributed by atoms with E-state index in [1.54, 1.807) is 0 Å². The Kier molecular flexibility index (Phi) is 3.82. The number of anilines is 2. The van der Waals surface area contributed by atoms with Crippen molar-refractivity contribution in [3.63, 3.8) is 0 Å². The molecule has 2 aromatic rings. The zero-order valence-electron chi connectivity index (χ0n) is 9.90. The summed E-state index contributed by atoms with van der Waals surface area (Å²) in [5.74, 6) is -1.45. The first-order valence-corrected chi connectivity index (χ1v) is 7.18. The Morgan fingerprint density at radius 1 is 1.10 bits per heavy atom. The van der Waals surface area contributed by atoms with Gasteiger partial charge in [0.1, 0.15) is 11.6 Å². The monoisotopic (exact) mass is 318 g/mol. The topological polar surface area (TPSA) is 72.2 Å². The number of hydrogen-bond acceptors (Lipinski definition) is 3. The number of nitrogens with two attached hydrogens (primary N) is 1. The molecular weight excluding hydrogens is 310 g/mol. The highest BCUT2D eigenvalue weighted by Gasteiger charge is 2.16. The second-order valence-electron chi connectivity index (χ2n) is 3.95. The van der Waals surface area contributed by atoms with Crippen LogP contribution in [-0.4, -0.2) is 8.42 Å². The molecule has 0 aromatic heterocycles. The normalized spacial score (nSPS) is 11.3. The van der Waals surface area contributed by atoms with E-state index in [1.807, 2.05) is 0 Å². The predicted molar refractivity (Wildman–Crippen MR) is 73.0 cm³/mol. The molecule has 20 heavy (non-hydrogen) atoms. The fraction of sp³-hybridized carbons (Fsp3) is 0. The molecule has 0 aliphatic carbocycles. The Morgan fingerprint density at radius 2 is 1.80 bits per heavy atom. The highest BCUT2D eigenvalue weighted by Crippen LogP contribution is 2.23. The van der Waals surface area contributed by atoms with Crippen LogP contribution in [0.4, 0.5) is 20.2 Å². The van der Waals surface area contributed by atoms with Crippen molar-refractivity contribution >= 4 is 33.0 Å². The molecule has 106 valence electrons. The molecule has 0 saturated heterocycles. The zero-order chi connectivity index (χ0) is 14.9. The lowest BCUT2D eigenvalue weighted by atomic mass is 10.3. The van der Waals surface area contributed by atoms with Gasteiger partial charge in [-0.05, 0) is 36.4 Å². The molecule has 0 atom stereocenters. The maximum atomic E-state index is 13.2. The highest BCUT2D eigenvalue weighted by atomic mass is 35.5. The standard InChI is InChI=1S/C12H9ClF2N2O2S/c13-11-6-9(1-2-12(11)15)17-20(18,19)10-4-7(14)3-8(16)5-10/h1-6,17H,16H2. The van der Waals surface area contributed by atoms with Crippen LogP contribution in [0.25, 0.3) is 0 Å². The van der Waals surface area contributed by atoms with Crippen molar-refractivity contribution in [2.45, 2.75) is 4.90 Å². The van der Waals surface area contributed by atoms with Gasteiger partial charge in [0.25, 0.3) is 10.0 Å². The number of benzene rings is 2. The SMILES string of the molecule is Nc1cc(F)cc(S(=O)(=O)Nc2ccc(F)c(Cl)c2)c1. The molecule has 0 radical (unpaired) electrons. The van der Waals surface area contributed by atoms with Gasteiger partial charge in [0, 0.05) is 5.69 Å². The Bertz CT molecular complexity index is 746. The largest absolute Gasteiger partial charge is 0.399 e. The van der Waals surface area contributed by atoms with Crippen molar-refractivity contribution in [1.29, 1.82) is 0 Å². The molecule has 4 nitrogen and oxygen atoms in total. The van der Waals surface area contributed by atoms with Gasteiger partial charge in [0.15, 0.2) is 0 Å². The minimum atomic E-state index is -4.04. The second-order valence-corrected chi connectivity index (χ2v) is 6.04. The van der Waals surface area contributed by atoms with E-state index < -0.39 is 21.7 Å². The van der Waals surface area contributed by atoms with Crippen LogP contribution in [0, 0.1) is 11.6 Å². The van der Waals surface area contributed by atoms with Gasteiger partial charge < -0.3 is 5.73 Å². The molecule has 0 bridgehead atoms. The van der Waals surface area contributed by atoms with Crippen molar-refractivity contribution in [3.8, 4) is 0 Å². The summed E-state index contributed by atoms with van der Waals surface area (Å²) in [6, 6.07) is 6.24. The minimum absolute atomic E-state index is 0.0255. The van der Waals surface area contributed by atoms with Gasteiger partial charge >= 0.3 is 0 Å². The summed E-state index contributed by atoms with van der Waals surface area (Å²) < 4.78 is 52.4. The van der Waals surface area contributed by atoms with Gasteiger partial charge in [-0.3, -0.25) is 4.72 Å². The van der Waals surface area contributed by atoms with Crippen LogP contribution in [0.3, 0.4) is 0 Å². The number of hydrogen-bond donors (Lipinski definition) is 2. The molecule has 0 saturated carbocycles. The minimum Gasteiger partial charge on any atom is -0.399 e. The van der Waals surface area contributed by atoms with E-state index in [0.717, 1.165) is 30.3 Å². The van der Waals surface area contributed by atoms with Gasteiger partial charge in [-0.25, -0.2) is 17.2 Å². The molecule has 8 heteroatoms. The second kappa shape index (κ2) is 5.26. The highest BCUT2D eigenvalue weighted by molar-refractivity contribution is 7.92. The van der Waals surface area contributed by atoms with Crippen LogP contribution in [-0.2, 0) is 10.0 Å². The number of nitrogen functional groups attached to an aromatic ring is 1. The summed E-state index contributed by atoms with van der Waals surface area (Å²) >= 11 is 5.55. The van der Waals surface area contributed by atoms with Crippen molar-refractivity contribution in [2.24, 2.45) is 0 Å². The lowest BCUT2D eigenvalue weighted by Gasteiger charge is -2.09. The van der Waals surface area contributed by atoms with Gasteiger partial charge in [-0.2, -0.15) is 0 Å². The third-order valence-electron chi connectivity index (χ3n) is 2.38. The maximum Gasteiger partial charge on any atom is 0.262 e. The van der Waals surface area contributed by atoms with Crippen molar-refractivity contribution in [1.82, 2.24) is 0 Å². The maximum absolute atomic E-state index is 13.2. The molecule has 0 heterocycles. The number of sulfonamides is 1. The third kappa shape index (κ3) is 3.17. The first kappa shape index (κ1) is 14.5. The summed E-state index contributed by atoms with van der Waals surface area (Å²) in [6.45, 7) is 0. The molecular formula is C12H9ClF2N2O2S. The van der Waals surface area contributed by atoms with Crippen molar-refractivity contribution < 1.29 is 17.2 Å². The van der Waals surface area contributed by atoms with Crippen LogP contribution in [0.1, 0.15) is 0 Å². The molecule has 0 amide bonds. The summed E-state index contributed by atoms with van der Waals surface area (Å²) in [5.41, 5.74) is 5.42. The number of halogens is 3. The van der Waals surface area contributed by atoms with E-state index in [9.17, 15) is 17.2 Å². The van der Waals surface area contributed by atoms with E-state index in [1.165, 1.54) is 6.07 Å². The van der Waals surface area contributed by atoms with Crippen molar-refractivity contribution in [2.75, 3.05) is 10.5 Å². The fourth-order valence-corrected chi connectivity index (χ4v) is 2.81. The molecule has 0 fully saturated rings. The van der Waals surface area contributed by atoms with Crippen LogP contribution in [0.2, 0.25) is 5.02 Å². The van der Waals surface area contributed by atoms with E-state index in [0.29, 0.717) is 0 Å². The Labute approximate surface area is 119 Å². The molecule has 3 N–H and O–H groups in total. The lowest BCUT2D eigenvalue weighted by molar-refractivity contribution is 0.595. The molecule has 2 aromatic carbocycles. The average molecular weight is 319 g/mol. The zero-order valence-corrected chi connectivity index (χ0v) is 11.5. The van der Waals surface area contributed by atoms with E-state index in [4.69, 9.17) is 17.3 Å². The Morgan fingerprint density at radius 3 is 2.40 bits per heavy atom. The van der Waals surface area contributed by atoms with Gasteiger partial charge in [-0.15, -0.1) is 0 Å². The number of nitrogens with one attached hydrogen (secondary N) is 1.